The van der Waals surface area contributed by atoms with Gasteiger partial charge in [0.05, 0.1) is 0 Å². The van der Waals surface area contributed by atoms with Crippen molar-refractivity contribution in [3.05, 3.63) is 17.9 Å². The van der Waals surface area contributed by atoms with Crippen LogP contribution in [0.3, 0.4) is 0 Å². The maximum Gasteiger partial charge on any atom is 0.231 e. The summed E-state index contributed by atoms with van der Waals surface area (Å²) in [6.45, 7) is 6.14. The zero-order valence-electron chi connectivity index (χ0n) is 9.40. The lowest BCUT2D eigenvalue weighted by atomic mass is 10.5. The fourth-order valence-electron chi connectivity index (χ4n) is 1.49. The van der Waals surface area contributed by atoms with Crippen molar-refractivity contribution in [1.29, 1.82) is 0 Å². The van der Waals surface area contributed by atoms with E-state index in [2.05, 4.69) is 31.7 Å². The lowest BCUT2D eigenvalue weighted by molar-refractivity contribution is 0.807. The van der Waals surface area contributed by atoms with Crippen molar-refractivity contribution in [2.75, 3.05) is 41.4 Å². The summed E-state index contributed by atoms with van der Waals surface area (Å²) in [5, 5.41) is 3.24. The molecule has 1 aromatic heterocycles. The van der Waals surface area contributed by atoms with Gasteiger partial charge in [-0.05, 0) is 11.6 Å². The third kappa shape index (κ3) is 3.47. The maximum absolute atomic E-state index is 5.89. The van der Waals surface area contributed by atoms with Gasteiger partial charge >= 0.3 is 0 Å². The van der Waals surface area contributed by atoms with Gasteiger partial charge < -0.3 is 10.2 Å². The molecule has 1 saturated heterocycles. The second kappa shape index (κ2) is 6.07. The highest BCUT2D eigenvalue weighted by molar-refractivity contribution is 7.99. The first-order chi connectivity index (χ1) is 8.29. The van der Waals surface area contributed by atoms with Gasteiger partial charge in [-0.3, -0.25) is 0 Å². The number of hydrogen-bond acceptors (Lipinski definition) is 6. The lowest BCUT2D eigenvalue weighted by Gasteiger charge is -2.26. The smallest absolute Gasteiger partial charge is 0.231 e. The Labute approximate surface area is 110 Å². The van der Waals surface area contributed by atoms with Crippen molar-refractivity contribution in [3.63, 3.8) is 0 Å². The molecule has 2 heterocycles. The monoisotopic (exact) mass is 271 g/mol. The highest BCUT2D eigenvalue weighted by Gasteiger charge is 2.15. The Hall–Kier alpha value is -1.01. The molecule has 7 heteroatoms. The Balaban J connectivity index is 2.14. The molecule has 0 bridgehead atoms. The van der Waals surface area contributed by atoms with E-state index in [0.717, 1.165) is 24.6 Å². The summed E-state index contributed by atoms with van der Waals surface area (Å²) in [7, 11) is 0. The van der Waals surface area contributed by atoms with Crippen LogP contribution in [-0.4, -0.2) is 46.1 Å². The Kier molecular flexibility index (Phi) is 4.44. The van der Waals surface area contributed by atoms with Gasteiger partial charge in [0.2, 0.25) is 17.2 Å². The first-order valence-electron chi connectivity index (χ1n) is 5.38. The van der Waals surface area contributed by atoms with E-state index in [4.69, 9.17) is 11.6 Å². The van der Waals surface area contributed by atoms with Crippen LogP contribution in [0, 0.1) is 0 Å². The molecule has 0 aliphatic carbocycles. The fourth-order valence-corrected chi connectivity index (χ4v) is 2.55. The number of rotatable bonds is 4. The van der Waals surface area contributed by atoms with Crippen molar-refractivity contribution < 1.29 is 0 Å². The zero-order chi connectivity index (χ0) is 12.1. The number of nitrogens with one attached hydrogen (secondary N) is 1. The van der Waals surface area contributed by atoms with Crippen LogP contribution in [0.5, 0.6) is 0 Å². The summed E-state index contributed by atoms with van der Waals surface area (Å²) in [6.07, 6.45) is 1.74. The molecule has 0 unspecified atom stereocenters. The van der Waals surface area contributed by atoms with Gasteiger partial charge in [0, 0.05) is 31.1 Å². The second-order valence-corrected chi connectivity index (χ2v) is 5.06. The molecule has 1 aliphatic heterocycles. The van der Waals surface area contributed by atoms with E-state index in [1.165, 1.54) is 0 Å². The van der Waals surface area contributed by atoms with E-state index in [1.807, 2.05) is 11.8 Å². The molecule has 5 nitrogen and oxygen atoms in total. The summed E-state index contributed by atoms with van der Waals surface area (Å²) >= 11 is 7.83. The summed E-state index contributed by atoms with van der Waals surface area (Å²) in [6, 6.07) is 0. The summed E-state index contributed by atoms with van der Waals surface area (Å²) in [4.78, 5) is 14.7. The van der Waals surface area contributed by atoms with E-state index in [1.54, 1.807) is 6.08 Å². The minimum absolute atomic E-state index is 0.222. The predicted molar refractivity (Wildman–Crippen MR) is 73.1 cm³/mol. The molecule has 0 atom stereocenters. The molecule has 2 rings (SSSR count). The largest absolute Gasteiger partial charge is 0.351 e. The van der Waals surface area contributed by atoms with Crippen LogP contribution in [0.2, 0.25) is 5.28 Å². The average molecular weight is 272 g/mol. The standard InChI is InChI=1S/C10H14ClN5S/c1-2-3-12-9-13-8(11)14-10(15-9)16-4-6-17-7-5-16/h2H,1,3-7H2,(H,12,13,14,15). The summed E-state index contributed by atoms with van der Waals surface area (Å²) in [5.41, 5.74) is 0. The van der Waals surface area contributed by atoms with E-state index in [0.29, 0.717) is 18.4 Å². The quantitative estimate of drug-likeness (QED) is 0.841. The van der Waals surface area contributed by atoms with Crippen LogP contribution in [0.1, 0.15) is 0 Å². The first kappa shape index (κ1) is 12.4. The molecule has 1 aliphatic rings. The molecule has 1 aromatic rings. The highest BCUT2D eigenvalue weighted by atomic mass is 35.5. The van der Waals surface area contributed by atoms with E-state index in [-0.39, 0.29) is 5.28 Å². The number of aromatic nitrogens is 3. The zero-order valence-corrected chi connectivity index (χ0v) is 11.0. The predicted octanol–water partition coefficient (Wildman–Crippen LogP) is 1.68. The van der Waals surface area contributed by atoms with Crippen LogP contribution in [0.25, 0.3) is 0 Å². The molecule has 1 fully saturated rings. The van der Waals surface area contributed by atoms with Gasteiger partial charge in [-0.1, -0.05) is 6.08 Å². The van der Waals surface area contributed by atoms with Gasteiger partial charge in [0.15, 0.2) is 0 Å². The molecule has 0 spiro atoms. The molecule has 0 saturated carbocycles. The highest BCUT2D eigenvalue weighted by Crippen LogP contribution is 2.18. The number of nitrogens with zero attached hydrogens (tertiary/aromatic N) is 4. The van der Waals surface area contributed by atoms with Crippen molar-refractivity contribution in [2.45, 2.75) is 0 Å². The Morgan fingerprint density at radius 2 is 2.12 bits per heavy atom. The number of anilines is 2. The second-order valence-electron chi connectivity index (χ2n) is 3.50. The molecule has 0 radical (unpaired) electrons. The Morgan fingerprint density at radius 3 is 2.82 bits per heavy atom. The number of halogens is 1. The van der Waals surface area contributed by atoms with Gasteiger partial charge in [-0.2, -0.15) is 26.7 Å². The van der Waals surface area contributed by atoms with Crippen LogP contribution in [0.4, 0.5) is 11.9 Å². The lowest BCUT2D eigenvalue weighted by Crippen LogP contribution is -2.34. The van der Waals surface area contributed by atoms with E-state index < -0.39 is 0 Å². The summed E-state index contributed by atoms with van der Waals surface area (Å²) < 4.78 is 0. The number of hydrogen-bond donors (Lipinski definition) is 1. The third-order valence-corrected chi connectivity index (χ3v) is 3.41. The number of thioether (sulfide) groups is 1. The van der Waals surface area contributed by atoms with E-state index >= 15 is 0 Å². The molecule has 17 heavy (non-hydrogen) atoms. The topological polar surface area (TPSA) is 53.9 Å². The van der Waals surface area contributed by atoms with Gasteiger partial charge in [0.1, 0.15) is 0 Å². The minimum Gasteiger partial charge on any atom is -0.351 e. The normalized spacial score (nSPS) is 15.7. The minimum atomic E-state index is 0.222. The third-order valence-electron chi connectivity index (χ3n) is 2.29. The van der Waals surface area contributed by atoms with Crippen molar-refractivity contribution in [1.82, 2.24) is 15.0 Å². The van der Waals surface area contributed by atoms with E-state index in [9.17, 15) is 0 Å². The van der Waals surface area contributed by atoms with Crippen molar-refractivity contribution >= 4 is 35.3 Å². The van der Waals surface area contributed by atoms with Gasteiger partial charge in [0.25, 0.3) is 0 Å². The van der Waals surface area contributed by atoms with Crippen LogP contribution < -0.4 is 10.2 Å². The Morgan fingerprint density at radius 1 is 1.35 bits per heavy atom. The van der Waals surface area contributed by atoms with Crippen molar-refractivity contribution in [3.8, 4) is 0 Å². The fraction of sp³-hybridized carbons (Fsp3) is 0.500. The van der Waals surface area contributed by atoms with Crippen LogP contribution >= 0.6 is 23.4 Å². The molecule has 0 aromatic carbocycles. The van der Waals surface area contributed by atoms with Crippen LogP contribution in [-0.2, 0) is 0 Å². The molecular formula is C10H14ClN5S. The maximum atomic E-state index is 5.89. The molecular weight excluding hydrogens is 258 g/mol. The Bertz CT molecular complexity index is 394. The molecule has 1 N–H and O–H groups in total. The molecule has 0 amide bonds. The molecule has 92 valence electrons. The van der Waals surface area contributed by atoms with Crippen molar-refractivity contribution in [2.24, 2.45) is 0 Å². The van der Waals surface area contributed by atoms with Crippen LogP contribution in [0.15, 0.2) is 12.7 Å². The summed E-state index contributed by atoms with van der Waals surface area (Å²) in [5.74, 6) is 3.34. The average Bonchev–Trinajstić information content (AvgIpc) is 2.37. The van der Waals surface area contributed by atoms with Gasteiger partial charge in [-0.25, -0.2) is 0 Å². The first-order valence-corrected chi connectivity index (χ1v) is 6.92. The SMILES string of the molecule is C=CCNc1nc(Cl)nc(N2CCSCC2)n1. The van der Waals surface area contributed by atoms with Gasteiger partial charge in [-0.15, -0.1) is 6.58 Å².